The van der Waals surface area contributed by atoms with E-state index in [0.29, 0.717) is 13.2 Å². The maximum atomic E-state index is 12.0. The highest BCUT2D eigenvalue weighted by molar-refractivity contribution is 5.90. The Morgan fingerprint density at radius 3 is 2.61 bits per heavy atom. The van der Waals surface area contributed by atoms with Crippen molar-refractivity contribution >= 4 is 11.7 Å². The van der Waals surface area contributed by atoms with Gasteiger partial charge in [0.2, 0.25) is 0 Å². The number of nitrogens with one attached hydrogen (secondary N) is 2. The van der Waals surface area contributed by atoms with E-state index >= 15 is 0 Å². The molecule has 2 N–H and O–H groups in total. The van der Waals surface area contributed by atoms with E-state index in [-0.39, 0.29) is 6.03 Å². The number of para-hydroxylation sites is 1. The highest BCUT2D eigenvalue weighted by atomic mass is 16.5. The minimum absolute atomic E-state index is 0.142. The molecule has 1 rings (SSSR count). The molecule has 2 amide bonds. The van der Waals surface area contributed by atoms with Crippen molar-refractivity contribution in [3.8, 4) is 0 Å². The summed E-state index contributed by atoms with van der Waals surface area (Å²) in [6.07, 6.45) is 6.04. The monoisotopic (exact) mass is 320 g/mol. The number of benzene rings is 1. The lowest BCUT2D eigenvalue weighted by molar-refractivity contribution is 0.134. The highest BCUT2D eigenvalue weighted by Gasteiger charge is 2.05. The fourth-order valence-corrected chi connectivity index (χ4v) is 2.38. The van der Waals surface area contributed by atoms with Gasteiger partial charge >= 0.3 is 6.03 Å². The van der Waals surface area contributed by atoms with Crippen molar-refractivity contribution in [2.45, 2.75) is 59.5 Å². The number of carbonyl (C=O) groups is 1. The maximum Gasteiger partial charge on any atom is 0.319 e. The lowest BCUT2D eigenvalue weighted by Gasteiger charge is -2.12. The van der Waals surface area contributed by atoms with Gasteiger partial charge in [0.25, 0.3) is 0 Å². The zero-order valence-corrected chi connectivity index (χ0v) is 14.9. The van der Waals surface area contributed by atoms with E-state index in [1.54, 1.807) is 0 Å². The molecule has 0 aliphatic heterocycles. The van der Waals surface area contributed by atoms with Crippen LogP contribution in [0.4, 0.5) is 10.5 Å². The number of ether oxygens (including phenoxy) is 1. The summed E-state index contributed by atoms with van der Waals surface area (Å²) >= 11 is 0. The van der Waals surface area contributed by atoms with Gasteiger partial charge in [0, 0.05) is 24.4 Å². The zero-order valence-electron chi connectivity index (χ0n) is 14.9. The first kappa shape index (κ1) is 19.5. The molecule has 0 aliphatic carbocycles. The van der Waals surface area contributed by atoms with Crippen molar-refractivity contribution in [1.29, 1.82) is 0 Å². The number of amides is 2. The first-order valence-corrected chi connectivity index (χ1v) is 8.84. The van der Waals surface area contributed by atoms with E-state index in [2.05, 4.69) is 24.5 Å². The summed E-state index contributed by atoms with van der Waals surface area (Å²) in [6.45, 7) is 8.38. The molecule has 23 heavy (non-hydrogen) atoms. The molecule has 130 valence electrons. The number of hydrogen-bond donors (Lipinski definition) is 2. The largest absolute Gasteiger partial charge is 0.377 e. The van der Waals surface area contributed by atoms with Gasteiger partial charge in [-0.2, -0.15) is 0 Å². The van der Waals surface area contributed by atoms with Gasteiger partial charge in [-0.25, -0.2) is 4.79 Å². The molecule has 0 saturated heterocycles. The summed E-state index contributed by atoms with van der Waals surface area (Å²) in [5.74, 6) is 0.788. The Bertz CT molecular complexity index is 447. The summed E-state index contributed by atoms with van der Waals surface area (Å²) in [4.78, 5) is 12.0. The first-order chi connectivity index (χ1) is 11.1. The average Bonchev–Trinajstić information content (AvgIpc) is 2.53. The second-order valence-corrected chi connectivity index (χ2v) is 6.27. The van der Waals surface area contributed by atoms with Crippen molar-refractivity contribution in [1.82, 2.24) is 5.32 Å². The molecular formula is C19H32N2O2. The predicted molar refractivity (Wildman–Crippen MR) is 96.7 cm³/mol. The fraction of sp³-hybridized carbons (Fsp3) is 0.632. The van der Waals surface area contributed by atoms with Gasteiger partial charge in [0.1, 0.15) is 0 Å². The Kier molecular flexibility index (Phi) is 10.1. The summed E-state index contributed by atoms with van der Waals surface area (Å²) in [5, 5.41) is 5.83. The maximum absolute atomic E-state index is 12.0. The Balaban J connectivity index is 2.21. The summed E-state index contributed by atoms with van der Waals surface area (Å²) in [7, 11) is 0. The molecule has 0 radical (unpaired) electrons. The molecule has 0 spiro atoms. The second-order valence-electron chi connectivity index (χ2n) is 6.27. The minimum atomic E-state index is -0.142. The van der Waals surface area contributed by atoms with Crippen LogP contribution in [0.1, 0.15) is 58.4 Å². The molecule has 0 aliphatic rings. The van der Waals surface area contributed by atoms with Crippen LogP contribution in [-0.4, -0.2) is 19.2 Å². The van der Waals surface area contributed by atoms with Crippen LogP contribution in [0.15, 0.2) is 24.3 Å². The number of carbonyl (C=O) groups excluding carboxylic acids is 1. The third-order valence-electron chi connectivity index (χ3n) is 3.72. The van der Waals surface area contributed by atoms with E-state index in [9.17, 15) is 4.79 Å². The van der Waals surface area contributed by atoms with Crippen molar-refractivity contribution < 1.29 is 9.53 Å². The zero-order chi connectivity index (χ0) is 16.9. The second kappa shape index (κ2) is 11.9. The molecule has 0 saturated carbocycles. The lowest BCUT2D eigenvalue weighted by Crippen LogP contribution is -2.29. The molecular weight excluding hydrogens is 288 g/mol. The van der Waals surface area contributed by atoms with Gasteiger partial charge in [0.15, 0.2) is 0 Å². The van der Waals surface area contributed by atoms with E-state index < -0.39 is 0 Å². The number of hydrogen-bond acceptors (Lipinski definition) is 2. The number of urea groups is 1. The van der Waals surface area contributed by atoms with Crippen LogP contribution in [0, 0.1) is 5.92 Å². The van der Waals surface area contributed by atoms with Crippen molar-refractivity contribution in [3.05, 3.63) is 29.8 Å². The minimum Gasteiger partial charge on any atom is -0.377 e. The van der Waals surface area contributed by atoms with Crippen LogP contribution in [0.5, 0.6) is 0 Å². The first-order valence-electron chi connectivity index (χ1n) is 8.84. The molecule has 0 bridgehead atoms. The average molecular weight is 320 g/mol. The Morgan fingerprint density at radius 1 is 1.13 bits per heavy atom. The van der Waals surface area contributed by atoms with Crippen LogP contribution in [-0.2, 0) is 11.3 Å². The van der Waals surface area contributed by atoms with Crippen LogP contribution in [0.3, 0.4) is 0 Å². The van der Waals surface area contributed by atoms with Crippen molar-refractivity contribution in [2.75, 3.05) is 18.5 Å². The lowest BCUT2D eigenvalue weighted by atomic mass is 10.0. The molecule has 0 fully saturated rings. The molecule has 1 aromatic rings. The Morgan fingerprint density at radius 2 is 1.87 bits per heavy atom. The summed E-state index contributed by atoms with van der Waals surface area (Å²) in [5.41, 5.74) is 1.81. The molecule has 0 heterocycles. The predicted octanol–water partition coefficient (Wildman–Crippen LogP) is 4.95. The molecule has 1 aromatic carbocycles. The molecule has 0 atom stereocenters. The SMILES string of the molecule is CCOCc1ccccc1NC(=O)NCCCCCCC(C)C. The number of unbranched alkanes of at least 4 members (excludes halogenated alkanes) is 3. The van der Waals surface area contributed by atoms with Crippen molar-refractivity contribution in [2.24, 2.45) is 5.92 Å². The van der Waals surface area contributed by atoms with Crippen LogP contribution in [0.2, 0.25) is 0 Å². The van der Waals surface area contributed by atoms with E-state index in [4.69, 9.17) is 4.74 Å². The van der Waals surface area contributed by atoms with E-state index in [1.807, 2.05) is 31.2 Å². The van der Waals surface area contributed by atoms with E-state index in [1.165, 1.54) is 25.7 Å². The molecule has 0 aromatic heterocycles. The van der Waals surface area contributed by atoms with Crippen LogP contribution in [0.25, 0.3) is 0 Å². The summed E-state index contributed by atoms with van der Waals surface area (Å²) in [6, 6.07) is 7.60. The Labute approximate surface area is 141 Å². The smallest absolute Gasteiger partial charge is 0.319 e. The normalized spacial score (nSPS) is 10.8. The fourth-order valence-electron chi connectivity index (χ4n) is 2.38. The standard InChI is InChI=1S/C19H32N2O2/c1-4-23-15-17-12-8-9-13-18(17)21-19(22)20-14-10-6-5-7-11-16(2)3/h8-9,12-13,16H,4-7,10-11,14-15H2,1-3H3,(H2,20,21,22). The quantitative estimate of drug-likeness (QED) is 0.567. The molecule has 4 heteroatoms. The Hall–Kier alpha value is -1.55. The van der Waals surface area contributed by atoms with Gasteiger partial charge in [0.05, 0.1) is 6.61 Å². The van der Waals surface area contributed by atoms with Gasteiger partial charge in [-0.1, -0.05) is 57.7 Å². The van der Waals surface area contributed by atoms with Gasteiger partial charge in [-0.05, 0) is 25.3 Å². The van der Waals surface area contributed by atoms with Gasteiger partial charge in [-0.3, -0.25) is 0 Å². The van der Waals surface area contributed by atoms with E-state index in [0.717, 1.165) is 30.1 Å². The topological polar surface area (TPSA) is 50.4 Å². The van der Waals surface area contributed by atoms with Crippen molar-refractivity contribution in [3.63, 3.8) is 0 Å². The van der Waals surface area contributed by atoms with Crippen LogP contribution >= 0.6 is 0 Å². The number of anilines is 1. The van der Waals surface area contributed by atoms with Gasteiger partial charge < -0.3 is 15.4 Å². The van der Waals surface area contributed by atoms with Gasteiger partial charge in [-0.15, -0.1) is 0 Å². The third-order valence-corrected chi connectivity index (χ3v) is 3.72. The summed E-state index contributed by atoms with van der Waals surface area (Å²) < 4.78 is 5.42. The highest BCUT2D eigenvalue weighted by Crippen LogP contribution is 2.16. The molecule has 4 nitrogen and oxygen atoms in total. The molecule has 0 unspecified atom stereocenters. The third kappa shape index (κ3) is 9.24. The van der Waals surface area contributed by atoms with Crippen LogP contribution < -0.4 is 10.6 Å². The number of rotatable bonds is 11.